The number of thiophene rings is 1. The maximum Gasteiger partial charge on any atom is 0.225 e. The molecule has 6 heteroatoms. The first-order chi connectivity index (χ1) is 8.13. The predicted molar refractivity (Wildman–Crippen MR) is 71.9 cm³/mol. The van der Waals surface area contributed by atoms with Crippen molar-refractivity contribution in [1.29, 1.82) is 0 Å². The van der Waals surface area contributed by atoms with Crippen LogP contribution >= 0.6 is 11.3 Å². The number of aliphatic hydroxyl groups excluding tert-OH is 1. The summed E-state index contributed by atoms with van der Waals surface area (Å²) in [6.45, 7) is 4.03. The Balaban J connectivity index is 2.50. The van der Waals surface area contributed by atoms with Crippen molar-refractivity contribution in [3.05, 3.63) is 10.9 Å². The van der Waals surface area contributed by atoms with Crippen LogP contribution in [0.1, 0.15) is 11.8 Å². The van der Waals surface area contributed by atoms with E-state index in [1.165, 1.54) is 4.88 Å². The van der Waals surface area contributed by atoms with Crippen molar-refractivity contribution in [2.45, 2.75) is 19.9 Å². The highest BCUT2D eigenvalue weighted by atomic mass is 32.1. The lowest BCUT2D eigenvalue weighted by atomic mass is 10.3. The number of fused-ring (bicyclic) bond motifs is 1. The molecule has 0 aromatic carbocycles. The summed E-state index contributed by atoms with van der Waals surface area (Å²) >= 11 is 1.64. The highest BCUT2D eigenvalue weighted by Crippen LogP contribution is 2.29. The van der Waals surface area contributed by atoms with Gasteiger partial charge in [0.2, 0.25) is 5.95 Å². The summed E-state index contributed by atoms with van der Waals surface area (Å²) < 4.78 is 0. The van der Waals surface area contributed by atoms with Crippen molar-refractivity contribution < 1.29 is 5.11 Å². The molecule has 5 nitrogen and oxygen atoms in total. The van der Waals surface area contributed by atoms with Crippen LogP contribution in [0.15, 0.2) is 6.07 Å². The summed E-state index contributed by atoms with van der Waals surface area (Å²) in [5, 5.41) is 16.2. The van der Waals surface area contributed by atoms with Gasteiger partial charge in [-0.2, -0.15) is 4.98 Å². The van der Waals surface area contributed by atoms with Gasteiger partial charge in [0, 0.05) is 18.0 Å². The summed E-state index contributed by atoms with van der Waals surface area (Å²) in [5.41, 5.74) is 0. The van der Waals surface area contributed by atoms with Crippen LogP contribution in [-0.2, 0) is 0 Å². The van der Waals surface area contributed by atoms with E-state index >= 15 is 0 Å². The summed E-state index contributed by atoms with van der Waals surface area (Å²) in [6.07, 6.45) is 0. The molecule has 0 saturated heterocycles. The van der Waals surface area contributed by atoms with Gasteiger partial charge in [0.15, 0.2) is 0 Å². The van der Waals surface area contributed by atoms with Crippen LogP contribution in [0.2, 0.25) is 0 Å². The predicted octanol–water partition coefficient (Wildman–Crippen LogP) is 1.83. The lowest BCUT2D eigenvalue weighted by Gasteiger charge is -2.13. The second-order valence-electron chi connectivity index (χ2n) is 3.95. The van der Waals surface area contributed by atoms with Gasteiger partial charge in [0.25, 0.3) is 0 Å². The maximum absolute atomic E-state index is 9.08. The molecule has 2 rings (SSSR count). The standard InChI is InChI=1S/C11H16N4OS/c1-6(5-16)13-9-8-4-7(2)17-10(8)15-11(12-3)14-9/h4,6,16H,5H2,1-3H3,(H2,12,13,14,15). The Morgan fingerprint density at radius 3 is 2.88 bits per heavy atom. The van der Waals surface area contributed by atoms with E-state index < -0.39 is 0 Å². The first-order valence-electron chi connectivity index (χ1n) is 5.47. The summed E-state index contributed by atoms with van der Waals surface area (Å²) in [6, 6.07) is 2.03. The third-order valence-corrected chi connectivity index (χ3v) is 3.34. The third kappa shape index (κ3) is 2.48. The Kier molecular flexibility index (Phi) is 3.44. The number of aromatic nitrogens is 2. The molecule has 2 aromatic rings. The fraction of sp³-hybridized carbons (Fsp3) is 0.455. The molecule has 1 atom stereocenters. The van der Waals surface area contributed by atoms with Crippen molar-refractivity contribution in [1.82, 2.24) is 9.97 Å². The average molecular weight is 252 g/mol. The zero-order valence-electron chi connectivity index (χ0n) is 10.1. The molecule has 0 amide bonds. The number of anilines is 2. The van der Waals surface area contributed by atoms with Gasteiger partial charge in [-0.3, -0.25) is 0 Å². The molecule has 0 aliphatic carbocycles. The van der Waals surface area contributed by atoms with E-state index in [2.05, 4.69) is 26.7 Å². The number of nitrogens with zero attached hydrogens (tertiary/aromatic N) is 2. The molecule has 0 bridgehead atoms. The van der Waals surface area contributed by atoms with Crippen molar-refractivity contribution >= 4 is 33.3 Å². The van der Waals surface area contributed by atoms with Crippen LogP contribution < -0.4 is 10.6 Å². The monoisotopic (exact) mass is 252 g/mol. The zero-order chi connectivity index (χ0) is 12.4. The molecule has 0 radical (unpaired) electrons. The summed E-state index contributed by atoms with van der Waals surface area (Å²) in [7, 11) is 1.79. The van der Waals surface area contributed by atoms with Crippen LogP contribution in [0, 0.1) is 6.92 Å². The highest BCUT2D eigenvalue weighted by Gasteiger charge is 2.11. The fourth-order valence-electron chi connectivity index (χ4n) is 1.54. The minimum Gasteiger partial charge on any atom is -0.394 e. The van der Waals surface area contributed by atoms with E-state index in [1.807, 2.05) is 13.8 Å². The lowest BCUT2D eigenvalue weighted by molar-refractivity contribution is 0.281. The second-order valence-corrected chi connectivity index (χ2v) is 5.18. The number of rotatable bonds is 4. The van der Waals surface area contributed by atoms with Crippen LogP contribution in [0.5, 0.6) is 0 Å². The molecule has 17 heavy (non-hydrogen) atoms. The molecular formula is C11H16N4OS. The first kappa shape index (κ1) is 12.1. The summed E-state index contributed by atoms with van der Waals surface area (Å²) in [5.74, 6) is 1.36. The van der Waals surface area contributed by atoms with Gasteiger partial charge in [-0.25, -0.2) is 4.98 Å². The average Bonchev–Trinajstić information content (AvgIpc) is 2.69. The van der Waals surface area contributed by atoms with Gasteiger partial charge in [0.1, 0.15) is 10.6 Å². The molecule has 0 fully saturated rings. The molecular weight excluding hydrogens is 236 g/mol. The quantitative estimate of drug-likeness (QED) is 0.774. The van der Waals surface area contributed by atoms with Crippen LogP contribution in [0.25, 0.3) is 10.2 Å². The Morgan fingerprint density at radius 1 is 1.47 bits per heavy atom. The van der Waals surface area contributed by atoms with Gasteiger partial charge in [-0.05, 0) is 19.9 Å². The largest absolute Gasteiger partial charge is 0.394 e. The van der Waals surface area contributed by atoms with Gasteiger partial charge in [-0.1, -0.05) is 0 Å². The summed E-state index contributed by atoms with van der Waals surface area (Å²) in [4.78, 5) is 10.9. The number of aliphatic hydroxyl groups is 1. The first-order valence-corrected chi connectivity index (χ1v) is 6.29. The SMILES string of the molecule is CNc1nc(NC(C)CO)c2cc(C)sc2n1. The second kappa shape index (κ2) is 4.85. The zero-order valence-corrected chi connectivity index (χ0v) is 10.9. The fourth-order valence-corrected chi connectivity index (χ4v) is 2.42. The number of hydrogen-bond donors (Lipinski definition) is 3. The van der Waals surface area contributed by atoms with Gasteiger partial charge in [-0.15, -0.1) is 11.3 Å². The molecule has 0 saturated carbocycles. The number of aryl methyl sites for hydroxylation is 1. The van der Waals surface area contributed by atoms with E-state index in [-0.39, 0.29) is 12.6 Å². The maximum atomic E-state index is 9.08. The molecule has 3 N–H and O–H groups in total. The van der Waals surface area contributed by atoms with Gasteiger partial charge >= 0.3 is 0 Å². The topological polar surface area (TPSA) is 70.1 Å². The van der Waals surface area contributed by atoms with E-state index in [0.29, 0.717) is 5.95 Å². The third-order valence-electron chi connectivity index (χ3n) is 2.40. The highest BCUT2D eigenvalue weighted by molar-refractivity contribution is 7.18. The van der Waals surface area contributed by atoms with Crippen molar-refractivity contribution in [3.8, 4) is 0 Å². The van der Waals surface area contributed by atoms with Crippen LogP contribution in [0.3, 0.4) is 0 Å². The Bertz CT molecular complexity index is 525. The Morgan fingerprint density at radius 2 is 2.24 bits per heavy atom. The van der Waals surface area contributed by atoms with Gasteiger partial charge in [0.05, 0.1) is 12.0 Å². The van der Waals surface area contributed by atoms with Crippen LogP contribution in [0.4, 0.5) is 11.8 Å². The lowest BCUT2D eigenvalue weighted by Crippen LogP contribution is -2.20. The normalized spacial score (nSPS) is 12.7. The van der Waals surface area contributed by atoms with E-state index in [1.54, 1.807) is 18.4 Å². The Labute approximate surface area is 104 Å². The van der Waals surface area contributed by atoms with E-state index in [9.17, 15) is 0 Å². The van der Waals surface area contributed by atoms with Gasteiger partial charge < -0.3 is 15.7 Å². The number of nitrogens with one attached hydrogen (secondary N) is 2. The van der Waals surface area contributed by atoms with Crippen molar-refractivity contribution in [3.63, 3.8) is 0 Å². The smallest absolute Gasteiger partial charge is 0.225 e. The van der Waals surface area contributed by atoms with E-state index in [0.717, 1.165) is 16.0 Å². The van der Waals surface area contributed by atoms with Crippen molar-refractivity contribution in [2.24, 2.45) is 0 Å². The molecule has 92 valence electrons. The Hall–Kier alpha value is -1.40. The molecule has 0 aliphatic heterocycles. The molecule has 2 heterocycles. The molecule has 1 unspecified atom stereocenters. The number of hydrogen-bond acceptors (Lipinski definition) is 6. The minimum absolute atomic E-state index is 0.0296. The molecule has 0 spiro atoms. The van der Waals surface area contributed by atoms with Crippen molar-refractivity contribution in [2.75, 3.05) is 24.3 Å². The van der Waals surface area contributed by atoms with E-state index in [4.69, 9.17) is 5.11 Å². The minimum atomic E-state index is -0.0296. The molecule has 2 aromatic heterocycles. The van der Waals surface area contributed by atoms with Crippen LogP contribution in [-0.4, -0.2) is 34.8 Å². The molecule has 0 aliphatic rings.